The second kappa shape index (κ2) is 5.72. The minimum absolute atomic E-state index is 0.348. The Morgan fingerprint density at radius 1 is 1.42 bits per heavy atom. The Labute approximate surface area is 124 Å². The summed E-state index contributed by atoms with van der Waals surface area (Å²) >= 11 is 7.66. The largest absolute Gasteiger partial charge is 0.327 e. The maximum Gasteiger partial charge on any atom is 0.0931 e. The molecule has 3 rings (SSSR count). The van der Waals surface area contributed by atoms with Crippen LogP contribution in [0.15, 0.2) is 11.4 Å². The van der Waals surface area contributed by atoms with E-state index in [1.807, 2.05) is 0 Å². The van der Waals surface area contributed by atoms with Gasteiger partial charge in [-0.2, -0.15) is 0 Å². The predicted molar refractivity (Wildman–Crippen MR) is 82.9 cm³/mol. The van der Waals surface area contributed by atoms with Crippen molar-refractivity contribution >= 4 is 22.9 Å². The van der Waals surface area contributed by atoms with Crippen molar-refractivity contribution < 1.29 is 0 Å². The number of likely N-dealkylation sites (tertiary alicyclic amines) is 1. The van der Waals surface area contributed by atoms with Gasteiger partial charge in [-0.1, -0.05) is 18.5 Å². The van der Waals surface area contributed by atoms with Crippen LogP contribution in [0.3, 0.4) is 0 Å². The molecule has 19 heavy (non-hydrogen) atoms. The van der Waals surface area contributed by atoms with E-state index < -0.39 is 0 Å². The van der Waals surface area contributed by atoms with Crippen molar-refractivity contribution in [1.29, 1.82) is 0 Å². The first-order chi connectivity index (χ1) is 9.11. The predicted octanol–water partition coefficient (Wildman–Crippen LogP) is 3.39. The zero-order valence-corrected chi connectivity index (χ0v) is 13.1. The average molecular weight is 299 g/mol. The van der Waals surface area contributed by atoms with Gasteiger partial charge in [-0.15, -0.1) is 11.3 Å². The molecule has 2 heterocycles. The van der Waals surface area contributed by atoms with Gasteiger partial charge in [0.2, 0.25) is 0 Å². The van der Waals surface area contributed by atoms with E-state index in [0.717, 1.165) is 35.7 Å². The first-order valence-electron chi connectivity index (χ1n) is 7.34. The molecule has 4 atom stereocenters. The minimum atomic E-state index is 0.348. The molecule has 2 N–H and O–H groups in total. The summed E-state index contributed by atoms with van der Waals surface area (Å²) in [5.41, 5.74) is 7.66. The van der Waals surface area contributed by atoms with Crippen molar-refractivity contribution in [3.8, 4) is 0 Å². The normalized spacial score (nSPS) is 36.2. The van der Waals surface area contributed by atoms with Gasteiger partial charge in [0.15, 0.2) is 0 Å². The van der Waals surface area contributed by atoms with Crippen molar-refractivity contribution in [2.24, 2.45) is 17.6 Å². The van der Waals surface area contributed by atoms with Crippen LogP contribution in [0.25, 0.3) is 0 Å². The van der Waals surface area contributed by atoms with Crippen molar-refractivity contribution in [3.05, 3.63) is 21.3 Å². The average Bonchev–Trinajstić information content (AvgIpc) is 2.72. The summed E-state index contributed by atoms with van der Waals surface area (Å²) in [6, 6.07) is 3.25. The summed E-state index contributed by atoms with van der Waals surface area (Å²) in [6.45, 7) is 4.69. The summed E-state index contributed by atoms with van der Waals surface area (Å²) in [5, 5.41) is 2.19. The topological polar surface area (TPSA) is 29.3 Å². The molecule has 0 amide bonds. The summed E-state index contributed by atoms with van der Waals surface area (Å²) in [5.74, 6) is 1.56. The summed E-state index contributed by atoms with van der Waals surface area (Å²) < 4.78 is 0.902. The lowest BCUT2D eigenvalue weighted by Crippen LogP contribution is -2.55. The lowest BCUT2D eigenvalue weighted by molar-refractivity contribution is 0.0288. The molecule has 1 aromatic rings. The highest BCUT2D eigenvalue weighted by molar-refractivity contribution is 7.14. The second-order valence-electron chi connectivity index (χ2n) is 6.40. The molecule has 2 nitrogen and oxygen atoms in total. The maximum atomic E-state index is 6.27. The van der Waals surface area contributed by atoms with Gasteiger partial charge in [-0.3, -0.25) is 4.90 Å². The lowest BCUT2D eigenvalue weighted by Gasteiger charge is -2.48. The van der Waals surface area contributed by atoms with Crippen LogP contribution in [0.2, 0.25) is 4.34 Å². The minimum Gasteiger partial charge on any atom is -0.327 e. The van der Waals surface area contributed by atoms with Gasteiger partial charge in [-0.25, -0.2) is 0 Å². The van der Waals surface area contributed by atoms with Crippen LogP contribution in [0, 0.1) is 11.8 Å². The molecule has 0 aromatic carbocycles. The van der Waals surface area contributed by atoms with Gasteiger partial charge in [0.1, 0.15) is 0 Å². The van der Waals surface area contributed by atoms with E-state index in [9.17, 15) is 0 Å². The van der Waals surface area contributed by atoms with Crippen LogP contribution in [0.4, 0.5) is 0 Å². The molecule has 1 aliphatic carbocycles. The monoisotopic (exact) mass is 298 g/mol. The van der Waals surface area contributed by atoms with E-state index in [1.54, 1.807) is 11.3 Å². The molecule has 106 valence electrons. The number of nitrogens with zero attached hydrogens (tertiary/aromatic N) is 1. The molecule has 2 aliphatic rings. The quantitative estimate of drug-likeness (QED) is 0.927. The van der Waals surface area contributed by atoms with Gasteiger partial charge in [0.05, 0.1) is 4.34 Å². The van der Waals surface area contributed by atoms with Gasteiger partial charge in [0, 0.05) is 25.2 Å². The van der Waals surface area contributed by atoms with Gasteiger partial charge in [-0.05, 0) is 54.5 Å². The number of thiophene rings is 1. The Kier molecular flexibility index (Phi) is 4.18. The van der Waals surface area contributed by atoms with Crippen molar-refractivity contribution in [2.45, 2.75) is 44.7 Å². The van der Waals surface area contributed by atoms with Crippen LogP contribution < -0.4 is 5.73 Å². The van der Waals surface area contributed by atoms with E-state index in [2.05, 4.69) is 23.3 Å². The van der Waals surface area contributed by atoms with Crippen LogP contribution in [0.5, 0.6) is 0 Å². The fourth-order valence-electron chi connectivity index (χ4n) is 3.68. The Morgan fingerprint density at radius 3 is 2.84 bits per heavy atom. The van der Waals surface area contributed by atoms with Crippen LogP contribution >= 0.6 is 22.9 Å². The van der Waals surface area contributed by atoms with Gasteiger partial charge in [0.25, 0.3) is 0 Å². The van der Waals surface area contributed by atoms with Gasteiger partial charge >= 0.3 is 0 Å². The Balaban J connectivity index is 1.62. The molecule has 2 fully saturated rings. The smallest absolute Gasteiger partial charge is 0.0931 e. The molecule has 0 bridgehead atoms. The fraction of sp³-hybridized carbons (Fsp3) is 0.733. The molecule has 0 radical (unpaired) electrons. The zero-order chi connectivity index (χ0) is 13.4. The molecule has 1 aliphatic heterocycles. The highest BCUT2D eigenvalue weighted by atomic mass is 35.5. The molecular weight excluding hydrogens is 276 g/mol. The Hall–Kier alpha value is -0.0900. The number of piperidine rings is 1. The van der Waals surface area contributed by atoms with Crippen LogP contribution in [0.1, 0.15) is 31.7 Å². The van der Waals surface area contributed by atoms with Crippen LogP contribution in [-0.4, -0.2) is 30.1 Å². The number of hydrogen-bond acceptors (Lipinski definition) is 3. The van der Waals surface area contributed by atoms with Crippen molar-refractivity contribution in [3.63, 3.8) is 0 Å². The third-order valence-electron chi connectivity index (χ3n) is 4.79. The number of hydrogen-bond donors (Lipinski definition) is 1. The summed E-state index contributed by atoms with van der Waals surface area (Å²) in [7, 11) is 0. The third-order valence-corrected chi connectivity index (χ3v) is 5.93. The molecular formula is C15H23ClN2S. The van der Waals surface area contributed by atoms with Gasteiger partial charge < -0.3 is 5.73 Å². The zero-order valence-electron chi connectivity index (χ0n) is 11.5. The van der Waals surface area contributed by atoms with E-state index in [-0.39, 0.29) is 0 Å². The number of nitrogens with two attached hydrogens (primary N) is 1. The van der Waals surface area contributed by atoms with Crippen LogP contribution in [-0.2, 0) is 6.42 Å². The van der Waals surface area contributed by atoms with Crippen molar-refractivity contribution in [2.75, 3.05) is 13.1 Å². The molecule has 4 heteroatoms. The molecule has 1 saturated carbocycles. The molecule has 1 aromatic heterocycles. The summed E-state index contributed by atoms with van der Waals surface area (Å²) in [4.78, 5) is 2.65. The number of rotatable bonds is 3. The van der Waals surface area contributed by atoms with E-state index in [1.165, 1.54) is 24.9 Å². The first-order valence-corrected chi connectivity index (χ1v) is 8.60. The standard InChI is InChI=1S/C15H23ClN2S/c1-10-2-3-14(10)18-7-11(5-13(17)8-18)4-12-6-15(16)19-9-12/h6,9-11,13-14H,2-5,7-8,17H2,1H3. The van der Waals surface area contributed by atoms with Crippen molar-refractivity contribution in [1.82, 2.24) is 4.90 Å². The van der Waals surface area contributed by atoms with E-state index in [0.29, 0.717) is 12.0 Å². The molecule has 4 unspecified atom stereocenters. The Bertz CT molecular complexity index is 434. The highest BCUT2D eigenvalue weighted by Gasteiger charge is 2.36. The molecule has 1 saturated heterocycles. The first kappa shape index (κ1) is 13.9. The number of halogens is 1. The van der Waals surface area contributed by atoms with E-state index >= 15 is 0 Å². The fourth-order valence-corrected chi connectivity index (χ4v) is 4.60. The maximum absolute atomic E-state index is 6.27. The highest BCUT2D eigenvalue weighted by Crippen LogP contribution is 2.35. The molecule has 0 spiro atoms. The van der Waals surface area contributed by atoms with E-state index in [4.69, 9.17) is 17.3 Å². The third kappa shape index (κ3) is 3.15. The SMILES string of the molecule is CC1CCC1N1CC(N)CC(Cc2csc(Cl)c2)C1. The second-order valence-corrected chi connectivity index (χ2v) is 7.94. The lowest BCUT2D eigenvalue weighted by atomic mass is 9.78. The summed E-state index contributed by atoms with van der Waals surface area (Å²) in [6.07, 6.45) is 5.05. The Morgan fingerprint density at radius 2 is 2.26 bits per heavy atom.